The topological polar surface area (TPSA) is 58.4 Å². The van der Waals surface area contributed by atoms with Gasteiger partial charge in [0, 0.05) is 18.7 Å². The monoisotopic (exact) mass is 469 g/mol. The number of aliphatic hydroxyl groups excluding tert-OH is 1. The molecule has 178 valence electrons. The number of nitrogens with zero attached hydrogens (tertiary/aromatic N) is 3. The number of carbonyl (C=O) groups excluding carboxylic acids is 1. The Balaban J connectivity index is 1.16. The van der Waals surface area contributed by atoms with Crippen molar-refractivity contribution in [3.8, 4) is 11.3 Å². The molecule has 1 aromatic heterocycles. The lowest BCUT2D eigenvalue weighted by Gasteiger charge is -2.35. The molecule has 2 aliphatic rings. The zero-order chi connectivity index (χ0) is 23.9. The molecule has 0 aliphatic carbocycles. The molecule has 1 N–H and O–H groups in total. The molecule has 1 fully saturated rings. The van der Waals surface area contributed by atoms with Crippen molar-refractivity contribution in [1.29, 1.82) is 0 Å². The van der Waals surface area contributed by atoms with Crippen molar-refractivity contribution in [1.82, 2.24) is 14.5 Å². The minimum absolute atomic E-state index is 0.0445. The van der Waals surface area contributed by atoms with Crippen LogP contribution in [0.15, 0.2) is 61.1 Å². The highest BCUT2D eigenvalue weighted by Crippen LogP contribution is 2.42. The molecular weight excluding hydrogens is 443 g/mol. The van der Waals surface area contributed by atoms with Gasteiger partial charge >= 0.3 is 6.18 Å². The van der Waals surface area contributed by atoms with E-state index in [-0.39, 0.29) is 24.3 Å². The number of amides is 1. The van der Waals surface area contributed by atoms with Gasteiger partial charge in [-0.25, -0.2) is 4.98 Å². The Morgan fingerprint density at radius 1 is 1.09 bits per heavy atom. The van der Waals surface area contributed by atoms with Crippen LogP contribution in [0.4, 0.5) is 13.2 Å². The van der Waals surface area contributed by atoms with E-state index >= 15 is 0 Å². The Morgan fingerprint density at radius 3 is 2.50 bits per heavy atom. The van der Waals surface area contributed by atoms with Crippen molar-refractivity contribution in [2.24, 2.45) is 5.92 Å². The molecule has 2 aliphatic heterocycles. The average Bonchev–Trinajstić information content (AvgIpc) is 3.41. The number of imidazole rings is 1. The lowest BCUT2D eigenvalue weighted by Crippen LogP contribution is -2.42. The third kappa shape index (κ3) is 4.34. The van der Waals surface area contributed by atoms with Crippen molar-refractivity contribution in [2.45, 2.75) is 44.0 Å². The van der Waals surface area contributed by atoms with Gasteiger partial charge in [-0.2, -0.15) is 13.2 Å². The Bertz CT molecular complexity index is 1160. The minimum Gasteiger partial charge on any atom is -0.393 e. The van der Waals surface area contributed by atoms with Gasteiger partial charge in [-0.15, -0.1) is 0 Å². The number of hydrogen-bond donors (Lipinski definition) is 1. The molecule has 5 nitrogen and oxygen atoms in total. The van der Waals surface area contributed by atoms with Crippen LogP contribution in [0.25, 0.3) is 11.3 Å². The number of benzene rings is 2. The molecular formula is C26H26F3N3O2. The second kappa shape index (κ2) is 8.91. The van der Waals surface area contributed by atoms with Gasteiger partial charge in [-0.1, -0.05) is 36.4 Å². The number of carbonyl (C=O) groups is 1. The highest BCUT2D eigenvalue weighted by Gasteiger charge is 2.34. The summed E-state index contributed by atoms with van der Waals surface area (Å²) in [5.41, 5.74) is 3.27. The fraction of sp³-hybridized carbons (Fsp3) is 0.385. The van der Waals surface area contributed by atoms with E-state index in [0.717, 1.165) is 23.4 Å². The summed E-state index contributed by atoms with van der Waals surface area (Å²) in [7, 11) is 0. The highest BCUT2D eigenvalue weighted by molar-refractivity contribution is 5.78. The maximum Gasteiger partial charge on any atom is 0.416 e. The van der Waals surface area contributed by atoms with Crippen LogP contribution in [-0.4, -0.2) is 44.7 Å². The number of aromatic nitrogens is 2. The van der Waals surface area contributed by atoms with E-state index in [1.165, 1.54) is 17.7 Å². The van der Waals surface area contributed by atoms with Crippen molar-refractivity contribution in [2.75, 3.05) is 13.1 Å². The molecule has 3 heterocycles. The van der Waals surface area contributed by atoms with Crippen LogP contribution < -0.4 is 0 Å². The molecule has 0 bridgehead atoms. The molecule has 8 heteroatoms. The first-order valence-corrected chi connectivity index (χ1v) is 11.5. The maximum atomic E-state index is 12.7. The largest absolute Gasteiger partial charge is 0.416 e. The second-order valence-corrected chi connectivity index (χ2v) is 9.18. The molecule has 0 unspecified atom stereocenters. The zero-order valence-electron chi connectivity index (χ0n) is 18.6. The van der Waals surface area contributed by atoms with E-state index in [2.05, 4.69) is 21.7 Å². The molecule has 2 aromatic carbocycles. The molecule has 0 spiro atoms. The van der Waals surface area contributed by atoms with Gasteiger partial charge < -0.3 is 14.6 Å². The van der Waals surface area contributed by atoms with E-state index in [4.69, 9.17) is 0 Å². The first-order chi connectivity index (χ1) is 16.3. The number of likely N-dealkylation sites (tertiary alicyclic amines) is 1. The number of halogens is 3. The Kier molecular flexibility index (Phi) is 5.93. The first kappa shape index (κ1) is 22.7. The normalized spacial score (nSPS) is 19.1. The van der Waals surface area contributed by atoms with E-state index in [0.29, 0.717) is 37.9 Å². The molecule has 3 aromatic rings. The highest BCUT2D eigenvalue weighted by atomic mass is 19.4. The van der Waals surface area contributed by atoms with Crippen molar-refractivity contribution < 1.29 is 23.1 Å². The summed E-state index contributed by atoms with van der Waals surface area (Å²) in [5.74, 6) is -0.00433. The SMILES string of the molecule is O=C(Cc1ccc(C(F)(F)F)cc1)N1CCC([C@H](O)C[C@H]2c3ccccc3-c3cncn32)CC1. The van der Waals surface area contributed by atoms with Crippen LogP contribution >= 0.6 is 0 Å². The number of alkyl halides is 3. The van der Waals surface area contributed by atoms with Gasteiger partial charge in [0.1, 0.15) is 0 Å². The van der Waals surface area contributed by atoms with Crippen molar-refractivity contribution in [3.63, 3.8) is 0 Å². The van der Waals surface area contributed by atoms with Crippen LogP contribution in [0.1, 0.15) is 42.0 Å². The molecule has 34 heavy (non-hydrogen) atoms. The lowest BCUT2D eigenvalue weighted by atomic mass is 9.86. The Hall–Kier alpha value is -3.13. The van der Waals surface area contributed by atoms with Gasteiger partial charge in [0.25, 0.3) is 0 Å². The first-order valence-electron chi connectivity index (χ1n) is 11.5. The van der Waals surface area contributed by atoms with Crippen LogP contribution in [0.5, 0.6) is 0 Å². The molecule has 0 saturated carbocycles. The summed E-state index contributed by atoms with van der Waals surface area (Å²) in [4.78, 5) is 18.7. The van der Waals surface area contributed by atoms with Gasteiger partial charge in [0.05, 0.1) is 42.3 Å². The third-order valence-corrected chi connectivity index (χ3v) is 7.14. The molecule has 1 saturated heterocycles. The Morgan fingerprint density at radius 2 is 1.79 bits per heavy atom. The van der Waals surface area contributed by atoms with Gasteiger partial charge in [0.15, 0.2) is 0 Å². The number of fused-ring (bicyclic) bond motifs is 3. The standard InChI is InChI=1S/C26H26F3N3O2/c27-26(28,29)19-7-5-17(6-8-19)13-25(34)31-11-9-18(10-12-31)24(33)14-22-20-3-1-2-4-21(20)23-15-30-16-32(22)23/h1-8,15-16,18,22,24,33H,9-14H2/t22-,24+/m0/s1. The summed E-state index contributed by atoms with van der Waals surface area (Å²) >= 11 is 0. The third-order valence-electron chi connectivity index (χ3n) is 7.14. The summed E-state index contributed by atoms with van der Waals surface area (Å²) in [6.07, 6.45) is 0.847. The van der Waals surface area contributed by atoms with Crippen molar-refractivity contribution >= 4 is 5.91 Å². The maximum absolute atomic E-state index is 12.7. The molecule has 5 rings (SSSR count). The number of piperidine rings is 1. The molecule has 2 atom stereocenters. The summed E-state index contributed by atoms with van der Waals surface area (Å²) in [5, 5.41) is 11.0. The van der Waals surface area contributed by atoms with E-state index in [1.54, 1.807) is 4.90 Å². The van der Waals surface area contributed by atoms with Crippen LogP contribution in [-0.2, 0) is 17.4 Å². The van der Waals surface area contributed by atoms with E-state index < -0.39 is 17.8 Å². The fourth-order valence-corrected chi connectivity index (χ4v) is 5.23. The summed E-state index contributed by atoms with van der Waals surface area (Å²) in [6.45, 7) is 1.08. The summed E-state index contributed by atoms with van der Waals surface area (Å²) in [6, 6.07) is 13.0. The van der Waals surface area contributed by atoms with E-state index in [1.807, 2.05) is 24.7 Å². The van der Waals surface area contributed by atoms with Crippen LogP contribution in [0, 0.1) is 5.92 Å². The molecule has 0 radical (unpaired) electrons. The summed E-state index contributed by atoms with van der Waals surface area (Å²) < 4.78 is 40.3. The van der Waals surface area contributed by atoms with Gasteiger partial charge in [-0.3, -0.25) is 4.79 Å². The predicted octanol–water partition coefficient (Wildman–Crippen LogP) is 4.70. The van der Waals surface area contributed by atoms with Crippen LogP contribution in [0.2, 0.25) is 0 Å². The molecule has 1 amide bonds. The Labute approximate surface area is 195 Å². The van der Waals surface area contributed by atoms with Gasteiger partial charge in [0.2, 0.25) is 5.91 Å². The van der Waals surface area contributed by atoms with E-state index in [9.17, 15) is 23.1 Å². The number of aliphatic hydroxyl groups is 1. The van der Waals surface area contributed by atoms with Gasteiger partial charge in [-0.05, 0) is 48.4 Å². The number of rotatable bonds is 5. The zero-order valence-corrected chi connectivity index (χ0v) is 18.6. The number of hydrogen-bond acceptors (Lipinski definition) is 3. The van der Waals surface area contributed by atoms with Crippen molar-refractivity contribution in [3.05, 3.63) is 77.7 Å². The van der Waals surface area contributed by atoms with Crippen LogP contribution in [0.3, 0.4) is 0 Å². The quantitative estimate of drug-likeness (QED) is 0.589. The fourth-order valence-electron chi connectivity index (χ4n) is 5.23. The second-order valence-electron chi connectivity index (χ2n) is 9.18. The predicted molar refractivity (Wildman–Crippen MR) is 121 cm³/mol. The minimum atomic E-state index is -4.38. The lowest BCUT2D eigenvalue weighted by molar-refractivity contribution is -0.137. The average molecular weight is 470 g/mol. The smallest absolute Gasteiger partial charge is 0.393 e.